The van der Waals surface area contributed by atoms with Gasteiger partial charge in [0.05, 0.1) is 18.0 Å². The second kappa shape index (κ2) is 14.1. The molecule has 210 valence electrons. The Kier molecular flexibility index (Phi) is 10.7. The Morgan fingerprint density at radius 2 is 1.77 bits per heavy atom. The van der Waals surface area contributed by atoms with Crippen LogP contribution in [0.4, 0.5) is 0 Å². The fourth-order valence-electron chi connectivity index (χ4n) is 4.07. The van der Waals surface area contributed by atoms with E-state index >= 15 is 0 Å². The zero-order chi connectivity index (χ0) is 28.4. The smallest absolute Gasteiger partial charge is 0.255 e. The molecule has 5 N–H and O–H groups in total. The number of carbonyl (C=O) groups is 4. The molecule has 0 saturated heterocycles. The summed E-state index contributed by atoms with van der Waals surface area (Å²) in [7, 11) is 3.85. The predicted molar refractivity (Wildman–Crippen MR) is 145 cm³/mol. The molecule has 0 aliphatic carbocycles. The van der Waals surface area contributed by atoms with E-state index in [1.165, 1.54) is 12.1 Å². The minimum Gasteiger partial charge on any atom is -0.508 e. The number of fused-ring (bicyclic) bond motifs is 1. The van der Waals surface area contributed by atoms with Crippen LogP contribution in [0.15, 0.2) is 48.5 Å². The zero-order valence-corrected chi connectivity index (χ0v) is 22.5. The molecule has 2 aromatic carbocycles. The fraction of sp³-hybridized carbons (Fsp3) is 0.429. The monoisotopic (exact) mass is 539 g/mol. The van der Waals surface area contributed by atoms with Crippen molar-refractivity contribution in [1.29, 1.82) is 0 Å². The van der Waals surface area contributed by atoms with Crippen molar-refractivity contribution in [2.75, 3.05) is 33.8 Å². The molecule has 0 spiro atoms. The topological polar surface area (TPSA) is 149 Å². The number of rotatable bonds is 7. The summed E-state index contributed by atoms with van der Waals surface area (Å²) in [6.45, 7) is 2.96. The van der Waals surface area contributed by atoms with E-state index in [4.69, 9.17) is 4.74 Å². The van der Waals surface area contributed by atoms with Gasteiger partial charge in [-0.2, -0.15) is 0 Å². The number of carbonyl (C=O) groups excluding carboxylic acids is 4. The molecule has 3 rings (SSSR count). The maximum atomic E-state index is 13.2. The van der Waals surface area contributed by atoms with Gasteiger partial charge in [0.2, 0.25) is 17.7 Å². The van der Waals surface area contributed by atoms with E-state index in [2.05, 4.69) is 21.3 Å². The number of phenolic OH excluding ortho intramolecular Hbond substituents is 1. The molecule has 1 aliphatic heterocycles. The number of amides is 4. The van der Waals surface area contributed by atoms with Gasteiger partial charge in [-0.25, -0.2) is 0 Å². The third-order valence-electron chi connectivity index (χ3n) is 6.13. The third kappa shape index (κ3) is 9.29. The molecule has 39 heavy (non-hydrogen) atoms. The fourth-order valence-corrected chi connectivity index (χ4v) is 4.07. The average Bonchev–Trinajstić information content (AvgIpc) is 2.89. The Morgan fingerprint density at radius 1 is 1.05 bits per heavy atom. The second-order valence-electron chi connectivity index (χ2n) is 9.89. The van der Waals surface area contributed by atoms with Crippen LogP contribution in [0.3, 0.4) is 0 Å². The standard InChI is InChI=1S/C28H37N5O6/c1-18-17-39-24-8-5-4-7-21(24)26(36)32-23(27(37)29-13-6-14-33(2)3)16-25(35)31-22(28(38)30-18)15-19-9-11-20(34)12-10-19/h4-5,7-12,18,22-23,34H,6,13-17H2,1-3H3,(H,29,37)(H,30,38)(H,31,35)(H,32,36)/t18-,22+,23+/m1/s1. The molecule has 0 saturated carbocycles. The summed E-state index contributed by atoms with van der Waals surface area (Å²) < 4.78 is 5.85. The van der Waals surface area contributed by atoms with Gasteiger partial charge < -0.3 is 36.0 Å². The number of hydrogen-bond donors (Lipinski definition) is 5. The van der Waals surface area contributed by atoms with Crippen molar-refractivity contribution in [3.8, 4) is 11.5 Å². The largest absolute Gasteiger partial charge is 0.508 e. The highest BCUT2D eigenvalue weighted by molar-refractivity contribution is 6.01. The summed E-state index contributed by atoms with van der Waals surface area (Å²) >= 11 is 0. The highest BCUT2D eigenvalue weighted by Gasteiger charge is 2.29. The molecule has 11 heteroatoms. The maximum absolute atomic E-state index is 13.2. The van der Waals surface area contributed by atoms with Crippen LogP contribution in [0.25, 0.3) is 0 Å². The van der Waals surface area contributed by atoms with Gasteiger partial charge >= 0.3 is 0 Å². The SMILES string of the molecule is C[C@@H]1COc2ccccc2C(=O)N[C@H](C(=O)NCCCN(C)C)CC(=O)N[C@@H](Cc2ccc(O)cc2)C(=O)N1. The van der Waals surface area contributed by atoms with Gasteiger partial charge in [-0.15, -0.1) is 0 Å². The van der Waals surface area contributed by atoms with Crippen molar-refractivity contribution in [2.24, 2.45) is 0 Å². The van der Waals surface area contributed by atoms with Crippen LogP contribution in [0.5, 0.6) is 11.5 Å². The summed E-state index contributed by atoms with van der Waals surface area (Å²) in [5.74, 6) is -1.68. The number of para-hydroxylation sites is 1. The highest BCUT2D eigenvalue weighted by Crippen LogP contribution is 2.19. The molecule has 4 amide bonds. The molecule has 0 unspecified atom stereocenters. The van der Waals surface area contributed by atoms with E-state index in [9.17, 15) is 24.3 Å². The minimum atomic E-state index is -1.18. The molecule has 2 aromatic rings. The maximum Gasteiger partial charge on any atom is 0.255 e. The number of ether oxygens (including phenoxy) is 1. The van der Waals surface area contributed by atoms with E-state index < -0.39 is 41.8 Å². The van der Waals surface area contributed by atoms with Crippen molar-refractivity contribution in [2.45, 2.75) is 44.3 Å². The summed E-state index contributed by atoms with van der Waals surface area (Å²) in [5, 5.41) is 20.6. The third-order valence-corrected chi connectivity index (χ3v) is 6.13. The first-order valence-corrected chi connectivity index (χ1v) is 12.9. The van der Waals surface area contributed by atoms with E-state index in [0.29, 0.717) is 18.7 Å². The summed E-state index contributed by atoms with van der Waals surface area (Å²) in [4.78, 5) is 54.5. The van der Waals surface area contributed by atoms with Crippen LogP contribution in [0, 0.1) is 0 Å². The number of nitrogens with zero attached hydrogens (tertiary/aromatic N) is 1. The summed E-state index contributed by atoms with van der Waals surface area (Å²) in [6.07, 6.45) is 0.473. The second-order valence-corrected chi connectivity index (χ2v) is 9.89. The molecule has 3 atom stereocenters. The molecule has 11 nitrogen and oxygen atoms in total. The van der Waals surface area contributed by atoms with Crippen molar-refractivity contribution >= 4 is 23.6 Å². The highest BCUT2D eigenvalue weighted by atomic mass is 16.5. The number of hydrogen-bond acceptors (Lipinski definition) is 7. The predicted octanol–water partition coefficient (Wildman–Crippen LogP) is 0.573. The van der Waals surface area contributed by atoms with Gasteiger partial charge in [0.1, 0.15) is 30.2 Å². The lowest BCUT2D eigenvalue weighted by Gasteiger charge is -2.25. The molecular weight excluding hydrogens is 502 g/mol. The first-order valence-electron chi connectivity index (χ1n) is 12.9. The van der Waals surface area contributed by atoms with Crippen LogP contribution >= 0.6 is 0 Å². The van der Waals surface area contributed by atoms with Gasteiger partial charge in [0.25, 0.3) is 5.91 Å². The van der Waals surface area contributed by atoms with Crippen molar-refractivity contribution in [3.05, 3.63) is 59.7 Å². The van der Waals surface area contributed by atoms with Gasteiger partial charge in [-0.3, -0.25) is 19.2 Å². The Balaban J connectivity index is 1.85. The molecule has 0 aromatic heterocycles. The number of phenols is 1. The van der Waals surface area contributed by atoms with Gasteiger partial charge in [-0.05, 0) is 63.8 Å². The zero-order valence-electron chi connectivity index (χ0n) is 22.5. The average molecular weight is 540 g/mol. The summed E-state index contributed by atoms with van der Waals surface area (Å²) in [6, 6.07) is 10.3. The number of benzene rings is 2. The Hall–Kier alpha value is -4.12. The van der Waals surface area contributed by atoms with E-state index in [1.54, 1.807) is 43.3 Å². The number of aromatic hydroxyl groups is 1. The van der Waals surface area contributed by atoms with E-state index in [1.807, 2.05) is 19.0 Å². The van der Waals surface area contributed by atoms with E-state index in [0.717, 1.165) is 12.1 Å². The number of nitrogens with one attached hydrogen (secondary N) is 4. The molecule has 0 radical (unpaired) electrons. The minimum absolute atomic E-state index is 0.0751. The van der Waals surface area contributed by atoms with Crippen LogP contribution in [-0.4, -0.2) is 85.6 Å². The first kappa shape index (κ1) is 29.4. The Bertz CT molecular complexity index is 1150. The molecular formula is C28H37N5O6. The van der Waals surface area contributed by atoms with Crippen LogP contribution in [0.2, 0.25) is 0 Å². The van der Waals surface area contributed by atoms with Crippen LogP contribution in [-0.2, 0) is 20.8 Å². The van der Waals surface area contributed by atoms with Crippen LogP contribution in [0.1, 0.15) is 35.7 Å². The van der Waals surface area contributed by atoms with Gasteiger partial charge in [-0.1, -0.05) is 24.3 Å². The van der Waals surface area contributed by atoms with Crippen molar-refractivity contribution < 1.29 is 29.0 Å². The van der Waals surface area contributed by atoms with Crippen LogP contribution < -0.4 is 26.0 Å². The summed E-state index contributed by atoms with van der Waals surface area (Å²) in [5.41, 5.74) is 0.930. The van der Waals surface area contributed by atoms with Gasteiger partial charge in [0, 0.05) is 13.0 Å². The Labute approximate surface area is 228 Å². The van der Waals surface area contributed by atoms with E-state index in [-0.39, 0.29) is 30.8 Å². The van der Waals surface area contributed by atoms with Crippen molar-refractivity contribution in [1.82, 2.24) is 26.2 Å². The lowest BCUT2D eigenvalue weighted by atomic mass is 10.0. The lowest BCUT2D eigenvalue weighted by Crippen LogP contribution is -2.54. The molecule has 0 fully saturated rings. The molecule has 1 aliphatic rings. The Morgan fingerprint density at radius 3 is 2.49 bits per heavy atom. The molecule has 1 heterocycles. The normalized spacial score (nSPS) is 20.5. The van der Waals surface area contributed by atoms with Gasteiger partial charge in [0.15, 0.2) is 0 Å². The quantitative estimate of drug-likeness (QED) is 0.323. The lowest BCUT2D eigenvalue weighted by molar-refractivity contribution is -0.131. The van der Waals surface area contributed by atoms with Crippen molar-refractivity contribution in [3.63, 3.8) is 0 Å². The molecule has 0 bridgehead atoms. The first-order chi connectivity index (χ1) is 18.6.